The predicted octanol–water partition coefficient (Wildman–Crippen LogP) is 5.70. The van der Waals surface area contributed by atoms with Gasteiger partial charge in [-0.1, -0.05) is 78.1 Å². The highest BCUT2D eigenvalue weighted by Gasteiger charge is 1.96. The van der Waals surface area contributed by atoms with E-state index < -0.39 is 11.9 Å². The van der Waals surface area contributed by atoms with Crippen LogP contribution < -0.4 is 5.73 Å². The Labute approximate surface area is 176 Å². The van der Waals surface area contributed by atoms with Gasteiger partial charge >= 0.3 is 11.9 Å². The van der Waals surface area contributed by atoms with Crippen molar-refractivity contribution < 1.29 is 19.8 Å². The largest absolute Gasteiger partial charge is 0.481 e. The van der Waals surface area contributed by atoms with E-state index in [1.807, 2.05) is 0 Å². The molecule has 0 bridgehead atoms. The van der Waals surface area contributed by atoms with Gasteiger partial charge in [-0.2, -0.15) is 0 Å². The Morgan fingerprint density at radius 1 is 0.724 bits per heavy atom. The monoisotopic (exact) mass is 411 g/mol. The number of nitrogen functional groups attached to an aromatic ring is 1. The lowest BCUT2D eigenvalue weighted by molar-refractivity contribution is -0.138. The number of nitrogens with two attached hydrogens (primary N) is 1. The Morgan fingerprint density at radius 3 is 1.34 bits per heavy atom. The Morgan fingerprint density at radius 2 is 1.07 bits per heavy atom. The Kier molecular flexibility index (Phi) is 23.9. The van der Waals surface area contributed by atoms with E-state index in [1.54, 1.807) is 18.5 Å². The van der Waals surface area contributed by atoms with Crippen molar-refractivity contribution in [1.82, 2.24) is 9.97 Å². The van der Waals surface area contributed by atoms with Crippen LogP contribution in [0.5, 0.6) is 0 Å². The summed E-state index contributed by atoms with van der Waals surface area (Å²) in [6, 6.07) is 1.72. The summed E-state index contributed by atoms with van der Waals surface area (Å²) in [6.45, 7) is 4.36. The number of rotatable bonds is 14. The molecule has 4 N–H and O–H groups in total. The molecule has 0 aliphatic heterocycles. The molecule has 7 nitrogen and oxygen atoms in total. The van der Waals surface area contributed by atoms with E-state index >= 15 is 0 Å². The van der Waals surface area contributed by atoms with Gasteiger partial charge in [-0.05, 0) is 18.9 Å². The molecule has 168 valence electrons. The quantitative estimate of drug-likeness (QED) is 0.335. The van der Waals surface area contributed by atoms with Crippen LogP contribution in [-0.2, 0) is 9.59 Å². The van der Waals surface area contributed by atoms with Gasteiger partial charge < -0.3 is 15.9 Å². The molecule has 1 aromatic rings. The molecule has 29 heavy (non-hydrogen) atoms. The zero-order valence-electron chi connectivity index (χ0n) is 18.3. The van der Waals surface area contributed by atoms with E-state index in [0.717, 1.165) is 25.7 Å². The van der Waals surface area contributed by atoms with Crippen LogP contribution in [0.25, 0.3) is 0 Å². The van der Waals surface area contributed by atoms with Crippen LogP contribution in [0.1, 0.15) is 104 Å². The van der Waals surface area contributed by atoms with Gasteiger partial charge in [-0.15, -0.1) is 0 Å². The molecule has 0 atom stereocenters. The molecule has 0 aliphatic rings. The second-order valence-electron chi connectivity index (χ2n) is 6.93. The van der Waals surface area contributed by atoms with Crippen molar-refractivity contribution in [2.45, 2.75) is 104 Å². The zero-order chi connectivity index (χ0) is 22.2. The molecule has 0 aromatic carbocycles. The number of hydrogen-bond donors (Lipinski definition) is 3. The predicted molar refractivity (Wildman–Crippen MR) is 118 cm³/mol. The number of carbonyl (C=O) groups is 2. The van der Waals surface area contributed by atoms with Gasteiger partial charge in [0.2, 0.25) is 5.95 Å². The Balaban J connectivity index is 0. The van der Waals surface area contributed by atoms with Crippen molar-refractivity contribution in [1.29, 1.82) is 0 Å². The van der Waals surface area contributed by atoms with Crippen LogP contribution >= 0.6 is 0 Å². The minimum atomic E-state index is -0.666. The van der Waals surface area contributed by atoms with Crippen molar-refractivity contribution in [2.75, 3.05) is 5.73 Å². The van der Waals surface area contributed by atoms with Gasteiger partial charge in [0.15, 0.2) is 0 Å². The number of hydrogen-bond acceptors (Lipinski definition) is 5. The number of carboxylic acids is 2. The molecule has 1 aromatic heterocycles. The normalized spacial score (nSPS) is 9.59. The first-order valence-electron chi connectivity index (χ1n) is 10.9. The van der Waals surface area contributed by atoms with Gasteiger partial charge in [0.1, 0.15) is 0 Å². The van der Waals surface area contributed by atoms with Crippen molar-refractivity contribution in [3.8, 4) is 0 Å². The molecule has 0 saturated heterocycles. The molecule has 0 unspecified atom stereocenters. The van der Waals surface area contributed by atoms with E-state index in [0.29, 0.717) is 18.8 Å². The van der Waals surface area contributed by atoms with Crippen molar-refractivity contribution in [3.05, 3.63) is 18.5 Å². The molecule has 0 amide bonds. The fourth-order valence-corrected chi connectivity index (χ4v) is 2.42. The summed E-state index contributed by atoms with van der Waals surface area (Å²) in [7, 11) is 0. The van der Waals surface area contributed by atoms with Crippen LogP contribution in [0.15, 0.2) is 18.5 Å². The maximum absolute atomic E-state index is 10.1. The number of unbranched alkanes of at least 4 members (excludes halogenated alkanes) is 10. The lowest BCUT2D eigenvalue weighted by Gasteiger charge is -1.97. The van der Waals surface area contributed by atoms with Gasteiger partial charge in [0.05, 0.1) is 0 Å². The SMILES string of the molecule is CCCCCCCCC(=O)O.CCCCCCCCC(=O)O.Nc1ncccn1. The molecule has 0 aliphatic carbocycles. The van der Waals surface area contributed by atoms with Gasteiger partial charge in [-0.3, -0.25) is 9.59 Å². The summed E-state index contributed by atoms with van der Waals surface area (Å²) in [5.41, 5.74) is 5.14. The number of aromatic nitrogens is 2. The van der Waals surface area contributed by atoms with E-state index in [1.165, 1.54) is 51.4 Å². The highest BCUT2D eigenvalue weighted by atomic mass is 16.4. The summed E-state index contributed by atoms with van der Waals surface area (Å²) >= 11 is 0. The third-order valence-corrected chi connectivity index (χ3v) is 4.07. The molecule has 7 heteroatoms. The molecule has 0 radical (unpaired) electrons. The van der Waals surface area contributed by atoms with Crippen LogP contribution in [0.3, 0.4) is 0 Å². The summed E-state index contributed by atoms with van der Waals surface area (Å²) < 4.78 is 0. The molecule has 1 rings (SSSR count). The third kappa shape index (κ3) is 30.8. The summed E-state index contributed by atoms with van der Waals surface area (Å²) in [6.07, 6.45) is 17.7. The van der Waals surface area contributed by atoms with E-state index in [9.17, 15) is 9.59 Å². The molecular weight excluding hydrogens is 370 g/mol. The first-order valence-corrected chi connectivity index (χ1v) is 10.9. The second kappa shape index (κ2) is 23.9. The second-order valence-corrected chi connectivity index (χ2v) is 6.93. The van der Waals surface area contributed by atoms with Crippen molar-refractivity contribution in [3.63, 3.8) is 0 Å². The summed E-state index contributed by atoms with van der Waals surface area (Å²) in [4.78, 5) is 27.5. The fourth-order valence-electron chi connectivity index (χ4n) is 2.42. The topological polar surface area (TPSA) is 126 Å². The maximum atomic E-state index is 10.1. The lowest BCUT2D eigenvalue weighted by Crippen LogP contribution is -1.93. The standard InChI is InChI=1S/2C9H18O2.C4H5N3/c2*1-2-3-4-5-6-7-8-9(10)11;5-4-6-2-1-3-7-4/h2*2-8H2,1H3,(H,10,11);1-3H,(H2,5,6,7). The van der Waals surface area contributed by atoms with Crippen LogP contribution in [0.4, 0.5) is 5.95 Å². The Bertz CT molecular complexity index is 458. The first-order chi connectivity index (χ1) is 13.9. The molecule has 0 fully saturated rings. The summed E-state index contributed by atoms with van der Waals surface area (Å²) in [5.74, 6) is -1.01. The molecule has 1 heterocycles. The zero-order valence-corrected chi connectivity index (χ0v) is 18.3. The molecule has 0 saturated carbocycles. The number of aliphatic carboxylic acids is 2. The van der Waals surface area contributed by atoms with Crippen LogP contribution in [0.2, 0.25) is 0 Å². The first kappa shape index (κ1) is 29.0. The van der Waals surface area contributed by atoms with Crippen molar-refractivity contribution >= 4 is 17.9 Å². The fraction of sp³-hybridized carbons (Fsp3) is 0.727. The molecular formula is C22H41N3O4. The van der Waals surface area contributed by atoms with E-state index in [4.69, 9.17) is 15.9 Å². The smallest absolute Gasteiger partial charge is 0.303 e. The van der Waals surface area contributed by atoms with Crippen LogP contribution in [0, 0.1) is 0 Å². The molecule has 0 spiro atoms. The van der Waals surface area contributed by atoms with Crippen LogP contribution in [-0.4, -0.2) is 32.1 Å². The number of carboxylic acid groups (broad SMARTS) is 2. The maximum Gasteiger partial charge on any atom is 0.303 e. The lowest BCUT2D eigenvalue weighted by atomic mass is 10.1. The number of anilines is 1. The third-order valence-electron chi connectivity index (χ3n) is 4.07. The van der Waals surface area contributed by atoms with Gasteiger partial charge in [0.25, 0.3) is 0 Å². The van der Waals surface area contributed by atoms with E-state index in [-0.39, 0.29) is 0 Å². The minimum Gasteiger partial charge on any atom is -0.481 e. The van der Waals surface area contributed by atoms with Gasteiger partial charge in [0, 0.05) is 25.2 Å². The van der Waals surface area contributed by atoms with Crippen molar-refractivity contribution in [2.24, 2.45) is 0 Å². The average Bonchev–Trinajstić information content (AvgIpc) is 2.68. The highest BCUT2D eigenvalue weighted by molar-refractivity contribution is 5.66. The highest BCUT2D eigenvalue weighted by Crippen LogP contribution is 2.07. The average molecular weight is 412 g/mol. The summed E-state index contributed by atoms with van der Waals surface area (Å²) in [5, 5.41) is 16.6. The minimum absolute atomic E-state index is 0.322. The number of nitrogens with zero attached hydrogens (tertiary/aromatic N) is 2. The van der Waals surface area contributed by atoms with E-state index in [2.05, 4.69) is 23.8 Å². The Hall–Kier alpha value is -2.18. The van der Waals surface area contributed by atoms with Gasteiger partial charge in [-0.25, -0.2) is 9.97 Å².